The number of benzene rings is 1. The molecular formula is C11H13N5O3. The molecule has 6 N–H and O–H groups in total. The molecule has 0 amide bonds. The van der Waals surface area contributed by atoms with E-state index in [1.807, 2.05) is 4.98 Å². The van der Waals surface area contributed by atoms with E-state index < -0.39 is 17.4 Å². The summed E-state index contributed by atoms with van der Waals surface area (Å²) in [6, 6.07) is 6.71. The monoisotopic (exact) mass is 263 g/mol. The summed E-state index contributed by atoms with van der Waals surface area (Å²) < 4.78 is 0. The predicted octanol–water partition coefficient (Wildman–Crippen LogP) is -0.814. The van der Waals surface area contributed by atoms with E-state index in [4.69, 9.17) is 5.73 Å². The summed E-state index contributed by atoms with van der Waals surface area (Å²) in [5, 5.41) is 18.2. The van der Waals surface area contributed by atoms with E-state index in [9.17, 15) is 14.7 Å². The highest BCUT2D eigenvalue weighted by Crippen LogP contribution is 2.14. The number of anilines is 2. The van der Waals surface area contributed by atoms with E-state index >= 15 is 0 Å². The molecule has 2 rings (SSSR count). The third-order valence-electron chi connectivity index (χ3n) is 2.50. The Morgan fingerprint density at radius 3 is 2.63 bits per heavy atom. The fraction of sp³-hybridized carbons (Fsp3) is 0.182. The summed E-state index contributed by atoms with van der Waals surface area (Å²) in [6.45, 7) is 0.0754. The minimum atomic E-state index is -0.825. The lowest BCUT2D eigenvalue weighted by molar-refractivity contribution is 0.191. The molecule has 1 unspecified atom stereocenters. The van der Waals surface area contributed by atoms with Crippen molar-refractivity contribution in [2.75, 3.05) is 17.6 Å². The summed E-state index contributed by atoms with van der Waals surface area (Å²) >= 11 is 0. The van der Waals surface area contributed by atoms with Gasteiger partial charge in [0.25, 0.3) is 5.56 Å². The molecule has 8 nitrogen and oxygen atoms in total. The summed E-state index contributed by atoms with van der Waals surface area (Å²) in [4.78, 5) is 24.1. The first-order valence-electron chi connectivity index (χ1n) is 5.52. The number of aliphatic hydroxyl groups excluding tert-OH is 1. The minimum Gasteiger partial charge on any atom is -0.399 e. The first-order chi connectivity index (χ1) is 9.06. The van der Waals surface area contributed by atoms with E-state index in [1.54, 1.807) is 24.3 Å². The first kappa shape index (κ1) is 12.8. The van der Waals surface area contributed by atoms with Gasteiger partial charge < -0.3 is 16.2 Å². The van der Waals surface area contributed by atoms with Gasteiger partial charge in [0.2, 0.25) is 5.82 Å². The maximum absolute atomic E-state index is 11.3. The molecule has 0 bridgehead atoms. The quantitative estimate of drug-likeness (QED) is 0.457. The van der Waals surface area contributed by atoms with Crippen LogP contribution >= 0.6 is 0 Å². The average Bonchev–Trinajstić information content (AvgIpc) is 2.38. The van der Waals surface area contributed by atoms with E-state index in [0.29, 0.717) is 11.3 Å². The Morgan fingerprint density at radius 2 is 2.00 bits per heavy atom. The Bertz CT molecular complexity index is 661. The van der Waals surface area contributed by atoms with Crippen LogP contribution in [0.25, 0.3) is 0 Å². The van der Waals surface area contributed by atoms with Crippen molar-refractivity contribution in [1.29, 1.82) is 0 Å². The van der Waals surface area contributed by atoms with E-state index in [0.717, 1.165) is 0 Å². The van der Waals surface area contributed by atoms with E-state index in [2.05, 4.69) is 15.5 Å². The van der Waals surface area contributed by atoms with Gasteiger partial charge in [-0.25, -0.2) is 9.89 Å². The number of H-pyrrole nitrogens is 2. The number of nitrogen functional groups attached to an aromatic ring is 1. The lowest BCUT2D eigenvalue weighted by Crippen LogP contribution is -2.28. The molecule has 1 atom stereocenters. The third-order valence-corrected chi connectivity index (χ3v) is 2.50. The number of nitrogens with zero attached hydrogens (tertiary/aromatic N) is 1. The molecule has 0 fully saturated rings. The van der Waals surface area contributed by atoms with Crippen LogP contribution in [0.3, 0.4) is 0 Å². The lowest BCUT2D eigenvalue weighted by atomic mass is 10.1. The molecule has 8 heteroatoms. The minimum absolute atomic E-state index is 0.0610. The van der Waals surface area contributed by atoms with Gasteiger partial charge in [-0.05, 0) is 17.7 Å². The van der Waals surface area contributed by atoms with Gasteiger partial charge in [-0.1, -0.05) is 12.1 Å². The Labute approximate surface area is 107 Å². The SMILES string of the molecule is Nc1ccc(C(O)CNc2n[nH]c(=O)[nH]c2=O)cc1. The van der Waals surface area contributed by atoms with Crippen LogP contribution in [0.5, 0.6) is 0 Å². The van der Waals surface area contributed by atoms with Crippen LogP contribution in [0.2, 0.25) is 0 Å². The van der Waals surface area contributed by atoms with Crippen molar-refractivity contribution in [3.8, 4) is 0 Å². The van der Waals surface area contributed by atoms with E-state index in [1.165, 1.54) is 0 Å². The maximum Gasteiger partial charge on any atom is 0.342 e. The smallest absolute Gasteiger partial charge is 0.342 e. The molecule has 0 radical (unpaired) electrons. The molecule has 0 spiro atoms. The molecule has 100 valence electrons. The molecular weight excluding hydrogens is 250 g/mol. The highest BCUT2D eigenvalue weighted by atomic mass is 16.3. The molecule has 0 aliphatic rings. The Morgan fingerprint density at radius 1 is 1.32 bits per heavy atom. The summed E-state index contributed by atoms with van der Waals surface area (Å²) in [5.74, 6) is -0.0610. The fourth-order valence-electron chi connectivity index (χ4n) is 1.50. The second kappa shape index (κ2) is 5.36. The van der Waals surface area contributed by atoms with Crippen molar-refractivity contribution in [2.24, 2.45) is 0 Å². The molecule has 2 aromatic rings. The van der Waals surface area contributed by atoms with Gasteiger partial charge in [-0.2, -0.15) is 0 Å². The molecule has 0 aliphatic carbocycles. The van der Waals surface area contributed by atoms with Crippen molar-refractivity contribution in [1.82, 2.24) is 15.2 Å². The normalized spacial score (nSPS) is 12.1. The highest BCUT2D eigenvalue weighted by Gasteiger charge is 2.09. The number of nitrogens with one attached hydrogen (secondary N) is 3. The largest absolute Gasteiger partial charge is 0.399 e. The van der Waals surface area contributed by atoms with Gasteiger partial charge >= 0.3 is 5.69 Å². The number of aromatic amines is 2. The predicted molar refractivity (Wildman–Crippen MR) is 69.8 cm³/mol. The van der Waals surface area contributed by atoms with Crippen molar-refractivity contribution < 1.29 is 5.11 Å². The number of hydrogen-bond acceptors (Lipinski definition) is 6. The summed E-state index contributed by atoms with van der Waals surface area (Å²) in [5.41, 5.74) is 5.46. The zero-order valence-electron chi connectivity index (χ0n) is 9.88. The van der Waals surface area contributed by atoms with Crippen molar-refractivity contribution >= 4 is 11.5 Å². The van der Waals surface area contributed by atoms with Crippen molar-refractivity contribution in [3.05, 3.63) is 50.7 Å². The van der Waals surface area contributed by atoms with E-state index in [-0.39, 0.29) is 12.4 Å². The maximum atomic E-state index is 11.3. The highest BCUT2D eigenvalue weighted by molar-refractivity contribution is 5.40. The number of aliphatic hydroxyl groups is 1. The van der Waals surface area contributed by atoms with Crippen LogP contribution in [-0.2, 0) is 0 Å². The number of hydrogen-bond donors (Lipinski definition) is 5. The van der Waals surface area contributed by atoms with Crippen molar-refractivity contribution in [2.45, 2.75) is 6.10 Å². The van der Waals surface area contributed by atoms with Gasteiger partial charge in [0.05, 0.1) is 6.10 Å². The second-order valence-electron chi connectivity index (χ2n) is 3.92. The molecule has 0 saturated carbocycles. The molecule has 1 heterocycles. The molecule has 0 saturated heterocycles. The Hall–Kier alpha value is -2.61. The van der Waals surface area contributed by atoms with Crippen LogP contribution in [0.4, 0.5) is 11.5 Å². The average molecular weight is 263 g/mol. The molecule has 19 heavy (non-hydrogen) atoms. The second-order valence-corrected chi connectivity index (χ2v) is 3.92. The van der Waals surface area contributed by atoms with Crippen LogP contribution in [0.15, 0.2) is 33.9 Å². The van der Waals surface area contributed by atoms with Crippen LogP contribution in [-0.4, -0.2) is 26.8 Å². The zero-order valence-corrected chi connectivity index (χ0v) is 9.88. The fourth-order valence-corrected chi connectivity index (χ4v) is 1.50. The van der Waals surface area contributed by atoms with Gasteiger partial charge in [0.1, 0.15) is 0 Å². The standard InChI is InChI=1S/C11H13N5O3/c12-7-3-1-6(2-4-7)8(17)5-13-9-10(18)14-11(19)16-15-9/h1-4,8,17H,5,12H2,(H,13,15)(H2,14,16,18,19). The third kappa shape index (κ3) is 3.19. The number of nitrogens with two attached hydrogens (primary N) is 1. The van der Waals surface area contributed by atoms with Gasteiger partial charge in [0.15, 0.2) is 0 Å². The zero-order chi connectivity index (χ0) is 13.8. The van der Waals surface area contributed by atoms with Crippen LogP contribution in [0.1, 0.15) is 11.7 Å². The molecule has 1 aromatic heterocycles. The summed E-state index contributed by atoms with van der Waals surface area (Å²) in [6.07, 6.45) is -0.825. The number of rotatable bonds is 4. The van der Waals surface area contributed by atoms with Gasteiger partial charge in [0, 0.05) is 12.2 Å². The van der Waals surface area contributed by atoms with Gasteiger partial charge in [-0.15, -0.1) is 5.10 Å². The Kier molecular flexibility index (Phi) is 3.62. The van der Waals surface area contributed by atoms with Crippen molar-refractivity contribution in [3.63, 3.8) is 0 Å². The molecule has 0 aliphatic heterocycles. The van der Waals surface area contributed by atoms with Gasteiger partial charge in [-0.3, -0.25) is 9.78 Å². The van der Waals surface area contributed by atoms with Crippen LogP contribution in [0, 0.1) is 0 Å². The topological polar surface area (TPSA) is 137 Å². The summed E-state index contributed by atoms with van der Waals surface area (Å²) in [7, 11) is 0. The molecule has 1 aromatic carbocycles. The number of aromatic nitrogens is 3. The Balaban J connectivity index is 2.04. The van der Waals surface area contributed by atoms with Crippen LogP contribution < -0.4 is 22.3 Å². The first-order valence-corrected chi connectivity index (χ1v) is 5.52. The lowest BCUT2D eigenvalue weighted by Gasteiger charge is -2.12.